The Morgan fingerprint density at radius 3 is 2.87 bits per heavy atom. The first-order valence-corrected chi connectivity index (χ1v) is 9.95. The molecule has 0 bridgehead atoms. The van der Waals surface area contributed by atoms with Crippen LogP contribution in [0.25, 0.3) is 28.5 Å². The molecule has 1 saturated heterocycles. The average molecular weight is 406 g/mol. The third kappa shape index (κ3) is 3.17. The van der Waals surface area contributed by atoms with E-state index in [2.05, 4.69) is 25.5 Å². The monoisotopic (exact) mass is 406 g/mol. The Labute approximate surface area is 172 Å². The quantitative estimate of drug-likeness (QED) is 0.536. The summed E-state index contributed by atoms with van der Waals surface area (Å²) in [5, 5.41) is 12.0. The van der Waals surface area contributed by atoms with E-state index in [1.165, 1.54) is 0 Å². The summed E-state index contributed by atoms with van der Waals surface area (Å²) >= 11 is 0. The molecule has 0 atom stereocenters. The molecule has 3 aromatic heterocycles. The van der Waals surface area contributed by atoms with Crippen molar-refractivity contribution in [3.8, 4) is 28.6 Å². The highest BCUT2D eigenvalue weighted by atomic mass is 16.5. The number of aromatic amines is 1. The number of ether oxygens (including phenoxy) is 1. The minimum atomic E-state index is -0.166. The largest absolute Gasteiger partial charge is 0.496 e. The molecule has 0 spiro atoms. The number of hydrogen-bond acceptors (Lipinski definition) is 7. The van der Waals surface area contributed by atoms with Crippen molar-refractivity contribution >= 4 is 5.65 Å². The number of nitrogens with one attached hydrogen (secondary N) is 2. The molecule has 1 aliphatic heterocycles. The minimum absolute atomic E-state index is 0.166. The highest BCUT2D eigenvalue weighted by Crippen LogP contribution is 2.30. The van der Waals surface area contributed by atoms with Crippen LogP contribution in [0.2, 0.25) is 0 Å². The Hall–Kier alpha value is -3.46. The summed E-state index contributed by atoms with van der Waals surface area (Å²) in [6, 6.07) is 7.37. The molecule has 5 rings (SSSR count). The average Bonchev–Trinajstić information content (AvgIpc) is 3.41. The summed E-state index contributed by atoms with van der Waals surface area (Å²) in [7, 11) is 1.63. The molecule has 1 fully saturated rings. The molecule has 0 unspecified atom stereocenters. The number of aryl methyl sites for hydroxylation is 1. The molecule has 4 heterocycles. The summed E-state index contributed by atoms with van der Waals surface area (Å²) in [5.74, 6) is 1.78. The van der Waals surface area contributed by atoms with Gasteiger partial charge in [-0.1, -0.05) is 17.3 Å². The Kier molecular flexibility index (Phi) is 4.59. The number of hydrogen-bond donors (Lipinski definition) is 2. The number of nitrogens with zero attached hydrogens (tertiary/aromatic N) is 4. The van der Waals surface area contributed by atoms with Crippen LogP contribution < -0.4 is 15.6 Å². The van der Waals surface area contributed by atoms with Crippen molar-refractivity contribution in [1.82, 2.24) is 30.1 Å². The van der Waals surface area contributed by atoms with E-state index in [9.17, 15) is 4.79 Å². The van der Waals surface area contributed by atoms with Crippen LogP contribution in [0.3, 0.4) is 0 Å². The molecule has 154 valence electrons. The first-order chi connectivity index (χ1) is 14.6. The zero-order chi connectivity index (χ0) is 20.7. The summed E-state index contributed by atoms with van der Waals surface area (Å²) in [6.07, 6.45) is 3.59. The Balaban J connectivity index is 1.56. The van der Waals surface area contributed by atoms with E-state index in [1.54, 1.807) is 23.9 Å². The van der Waals surface area contributed by atoms with Crippen LogP contribution in [0.1, 0.15) is 30.0 Å². The molecule has 30 heavy (non-hydrogen) atoms. The third-order valence-electron chi connectivity index (χ3n) is 5.61. The fourth-order valence-electron chi connectivity index (χ4n) is 3.99. The van der Waals surface area contributed by atoms with E-state index in [1.807, 2.05) is 25.1 Å². The smallest absolute Gasteiger partial charge is 0.263 e. The van der Waals surface area contributed by atoms with Gasteiger partial charge in [-0.25, -0.2) is 4.52 Å². The molecule has 1 aromatic carbocycles. The molecule has 4 aromatic rings. The maximum Gasteiger partial charge on any atom is 0.263 e. The standard InChI is InChI=1S/C21H22N6O3/c1-12-3-4-14(9-17(12)29-2)19-25-21(30-26-19)15-11-23-27-16(10-18(28)24-20(15)27)13-5-7-22-8-6-13/h3-4,9-11,13,22H,5-8H2,1-2H3,(H,24,28). The Morgan fingerprint density at radius 1 is 1.23 bits per heavy atom. The molecule has 0 saturated carbocycles. The van der Waals surface area contributed by atoms with Crippen molar-refractivity contribution in [3.05, 3.63) is 52.1 Å². The predicted octanol–water partition coefficient (Wildman–Crippen LogP) is 2.52. The van der Waals surface area contributed by atoms with Gasteiger partial charge in [0.1, 0.15) is 17.0 Å². The van der Waals surface area contributed by atoms with E-state index < -0.39 is 0 Å². The summed E-state index contributed by atoms with van der Waals surface area (Å²) < 4.78 is 12.7. The van der Waals surface area contributed by atoms with Gasteiger partial charge in [0, 0.05) is 17.5 Å². The molecule has 0 radical (unpaired) electrons. The van der Waals surface area contributed by atoms with Gasteiger partial charge in [-0.3, -0.25) is 4.79 Å². The van der Waals surface area contributed by atoms with Crippen molar-refractivity contribution in [1.29, 1.82) is 0 Å². The zero-order valence-electron chi connectivity index (χ0n) is 16.8. The van der Waals surface area contributed by atoms with E-state index >= 15 is 0 Å². The molecule has 9 heteroatoms. The fourth-order valence-corrected chi connectivity index (χ4v) is 3.99. The van der Waals surface area contributed by atoms with Gasteiger partial charge in [0.15, 0.2) is 0 Å². The van der Waals surface area contributed by atoms with Gasteiger partial charge in [-0.15, -0.1) is 0 Å². The fraction of sp³-hybridized carbons (Fsp3) is 0.333. The molecule has 0 aliphatic carbocycles. The number of benzene rings is 1. The lowest BCUT2D eigenvalue weighted by molar-refractivity contribution is 0.411. The topological polar surface area (TPSA) is 110 Å². The van der Waals surface area contributed by atoms with Crippen LogP contribution in [0.15, 0.2) is 39.8 Å². The van der Waals surface area contributed by atoms with Crippen LogP contribution in [0.5, 0.6) is 5.75 Å². The van der Waals surface area contributed by atoms with Gasteiger partial charge in [0.05, 0.1) is 19.0 Å². The Bertz CT molecular complexity index is 1270. The van der Waals surface area contributed by atoms with Crippen LogP contribution in [0, 0.1) is 6.92 Å². The molecular weight excluding hydrogens is 384 g/mol. The Morgan fingerprint density at radius 2 is 2.07 bits per heavy atom. The molecule has 2 N–H and O–H groups in total. The van der Waals surface area contributed by atoms with Crippen molar-refractivity contribution in [2.24, 2.45) is 0 Å². The lowest BCUT2D eigenvalue weighted by atomic mass is 9.94. The van der Waals surface area contributed by atoms with Crippen molar-refractivity contribution in [2.75, 3.05) is 20.2 Å². The van der Waals surface area contributed by atoms with E-state index in [4.69, 9.17) is 9.26 Å². The second-order valence-electron chi connectivity index (χ2n) is 7.51. The second kappa shape index (κ2) is 7.42. The highest BCUT2D eigenvalue weighted by molar-refractivity contribution is 5.72. The maximum absolute atomic E-state index is 12.4. The van der Waals surface area contributed by atoms with E-state index in [-0.39, 0.29) is 11.5 Å². The van der Waals surface area contributed by atoms with Crippen molar-refractivity contribution < 1.29 is 9.26 Å². The van der Waals surface area contributed by atoms with Crippen LogP contribution >= 0.6 is 0 Å². The SMILES string of the molecule is COc1cc(-c2noc(-c3cnn4c(C5CCNCC5)cc(=O)[nH]c34)n2)ccc1C. The normalized spacial score (nSPS) is 15.0. The third-order valence-corrected chi connectivity index (χ3v) is 5.61. The van der Waals surface area contributed by atoms with Gasteiger partial charge in [-0.2, -0.15) is 10.1 Å². The zero-order valence-corrected chi connectivity index (χ0v) is 16.8. The van der Waals surface area contributed by atoms with Gasteiger partial charge in [-0.05, 0) is 44.5 Å². The predicted molar refractivity (Wildman–Crippen MR) is 111 cm³/mol. The summed E-state index contributed by atoms with van der Waals surface area (Å²) in [5.41, 5.74) is 3.71. The molecular formula is C21H22N6O3. The van der Waals surface area contributed by atoms with E-state index in [0.29, 0.717) is 22.9 Å². The molecule has 1 aliphatic rings. The molecule has 0 amide bonds. The summed E-state index contributed by atoms with van der Waals surface area (Å²) in [4.78, 5) is 19.8. The first kappa shape index (κ1) is 18.6. The number of H-pyrrole nitrogens is 1. The number of fused-ring (bicyclic) bond motifs is 1. The lowest BCUT2D eigenvalue weighted by Gasteiger charge is -2.23. The van der Waals surface area contributed by atoms with Gasteiger partial charge < -0.3 is 19.6 Å². The van der Waals surface area contributed by atoms with E-state index in [0.717, 1.165) is 48.5 Å². The van der Waals surface area contributed by atoms with Gasteiger partial charge in [0.2, 0.25) is 5.82 Å². The number of piperidine rings is 1. The van der Waals surface area contributed by atoms with Crippen LogP contribution in [-0.2, 0) is 0 Å². The minimum Gasteiger partial charge on any atom is -0.496 e. The van der Waals surface area contributed by atoms with Gasteiger partial charge >= 0.3 is 0 Å². The first-order valence-electron chi connectivity index (χ1n) is 9.95. The number of methoxy groups -OCH3 is 1. The number of aromatic nitrogens is 5. The molecule has 9 nitrogen and oxygen atoms in total. The van der Waals surface area contributed by atoms with Gasteiger partial charge in [0.25, 0.3) is 11.4 Å². The van der Waals surface area contributed by atoms with Crippen LogP contribution in [-0.4, -0.2) is 44.9 Å². The van der Waals surface area contributed by atoms with Crippen molar-refractivity contribution in [2.45, 2.75) is 25.7 Å². The summed E-state index contributed by atoms with van der Waals surface area (Å²) in [6.45, 7) is 3.83. The van der Waals surface area contributed by atoms with Crippen LogP contribution in [0.4, 0.5) is 0 Å². The second-order valence-corrected chi connectivity index (χ2v) is 7.51. The maximum atomic E-state index is 12.4. The highest BCUT2D eigenvalue weighted by Gasteiger charge is 2.22. The number of rotatable bonds is 4. The van der Waals surface area contributed by atoms with Crippen molar-refractivity contribution in [3.63, 3.8) is 0 Å². The lowest BCUT2D eigenvalue weighted by Crippen LogP contribution is -2.28.